The number of halogens is 2. The van der Waals surface area contributed by atoms with E-state index < -0.39 is 0 Å². The van der Waals surface area contributed by atoms with Crippen molar-refractivity contribution in [2.75, 3.05) is 7.11 Å². The van der Waals surface area contributed by atoms with Gasteiger partial charge in [0.1, 0.15) is 0 Å². The Morgan fingerprint density at radius 1 is 1.53 bits per heavy atom. The van der Waals surface area contributed by atoms with E-state index in [1.54, 1.807) is 0 Å². The molecular formula is C11H12BrClO2. The highest BCUT2D eigenvalue weighted by atomic mass is 79.9. The van der Waals surface area contributed by atoms with Crippen LogP contribution in [0.15, 0.2) is 22.7 Å². The van der Waals surface area contributed by atoms with Gasteiger partial charge < -0.3 is 4.74 Å². The van der Waals surface area contributed by atoms with Crippen LogP contribution in [-0.4, -0.2) is 13.1 Å². The highest BCUT2D eigenvalue weighted by Crippen LogP contribution is 2.20. The number of alkyl halides is 1. The van der Waals surface area contributed by atoms with Gasteiger partial charge in [-0.1, -0.05) is 28.1 Å². The lowest BCUT2D eigenvalue weighted by atomic mass is 10.1. The molecule has 0 fully saturated rings. The van der Waals surface area contributed by atoms with Gasteiger partial charge in [-0.25, -0.2) is 0 Å². The molecule has 1 aromatic carbocycles. The summed E-state index contributed by atoms with van der Waals surface area (Å²) < 4.78 is 5.58. The Kier molecular flexibility index (Phi) is 5.12. The van der Waals surface area contributed by atoms with Crippen LogP contribution >= 0.6 is 27.5 Å². The topological polar surface area (TPSA) is 26.3 Å². The van der Waals surface area contributed by atoms with Crippen molar-refractivity contribution in [1.29, 1.82) is 0 Å². The van der Waals surface area contributed by atoms with E-state index in [4.69, 9.17) is 11.6 Å². The smallest absolute Gasteiger partial charge is 0.305 e. The minimum absolute atomic E-state index is 0.189. The molecule has 4 heteroatoms. The Labute approximate surface area is 103 Å². The van der Waals surface area contributed by atoms with Crippen LogP contribution in [0.25, 0.3) is 0 Å². The van der Waals surface area contributed by atoms with Gasteiger partial charge in [0.2, 0.25) is 0 Å². The van der Waals surface area contributed by atoms with Crippen LogP contribution in [0.3, 0.4) is 0 Å². The van der Waals surface area contributed by atoms with Gasteiger partial charge >= 0.3 is 5.97 Å². The largest absolute Gasteiger partial charge is 0.469 e. The van der Waals surface area contributed by atoms with Crippen LogP contribution in [-0.2, 0) is 21.8 Å². The van der Waals surface area contributed by atoms with Crippen molar-refractivity contribution in [2.45, 2.75) is 18.7 Å². The molecule has 0 aromatic heterocycles. The summed E-state index contributed by atoms with van der Waals surface area (Å²) in [6, 6.07) is 5.92. The number of hydrogen-bond acceptors (Lipinski definition) is 2. The fraction of sp³-hybridized carbons (Fsp3) is 0.364. The zero-order valence-corrected chi connectivity index (χ0v) is 10.8. The summed E-state index contributed by atoms with van der Waals surface area (Å²) in [7, 11) is 1.40. The summed E-state index contributed by atoms with van der Waals surface area (Å²) in [6.07, 6.45) is 1.09. The SMILES string of the molecule is COC(=O)CCc1ccc(Br)c(CCl)c1. The van der Waals surface area contributed by atoms with Crippen molar-refractivity contribution in [3.63, 3.8) is 0 Å². The van der Waals surface area contributed by atoms with E-state index in [0.717, 1.165) is 15.6 Å². The molecule has 0 aliphatic heterocycles. The third kappa shape index (κ3) is 3.84. The molecule has 0 aliphatic rings. The summed E-state index contributed by atoms with van der Waals surface area (Å²) in [4.78, 5) is 10.9. The van der Waals surface area contributed by atoms with Crippen LogP contribution < -0.4 is 0 Å². The van der Waals surface area contributed by atoms with E-state index in [2.05, 4.69) is 20.7 Å². The average Bonchev–Trinajstić information content (AvgIpc) is 2.27. The first kappa shape index (κ1) is 12.5. The van der Waals surface area contributed by atoms with Gasteiger partial charge in [-0.2, -0.15) is 0 Å². The Bertz CT molecular complexity index is 352. The summed E-state index contributed by atoms with van der Waals surface area (Å²) in [6.45, 7) is 0. The molecule has 1 rings (SSSR count). The molecule has 0 amide bonds. The molecule has 15 heavy (non-hydrogen) atoms. The molecular weight excluding hydrogens is 279 g/mol. The molecule has 0 aliphatic carbocycles. The quantitative estimate of drug-likeness (QED) is 0.628. The molecule has 0 radical (unpaired) electrons. The molecule has 82 valence electrons. The molecule has 2 nitrogen and oxygen atoms in total. The van der Waals surface area contributed by atoms with E-state index in [-0.39, 0.29) is 5.97 Å². The van der Waals surface area contributed by atoms with Crippen molar-refractivity contribution >= 4 is 33.5 Å². The number of methoxy groups -OCH3 is 1. The predicted molar refractivity (Wildman–Crippen MR) is 64.0 cm³/mol. The van der Waals surface area contributed by atoms with Gasteiger partial charge in [0.25, 0.3) is 0 Å². The van der Waals surface area contributed by atoms with Crippen molar-refractivity contribution < 1.29 is 9.53 Å². The highest BCUT2D eigenvalue weighted by molar-refractivity contribution is 9.10. The van der Waals surface area contributed by atoms with Crippen LogP contribution in [0.5, 0.6) is 0 Å². The second kappa shape index (κ2) is 6.13. The van der Waals surface area contributed by atoms with Crippen molar-refractivity contribution in [1.82, 2.24) is 0 Å². The van der Waals surface area contributed by atoms with Crippen LogP contribution in [0.4, 0.5) is 0 Å². The van der Waals surface area contributed by atoms with Crippen LogP contribution in [0.1, 0.15) is 17.5 Å². The first-order chi connectivity index (χ1) is 7.17. The van der Waals surface area contributed by atoms with Gasteiger partial charge in [-0.05, 0) is 23.6 Å². The normalized spacial score (nSPS) is 10.1. The lowest BCUT2D eigenvalue weighted by Crippen LogP contribution is -2.02. The number of esters is 1. The lowest BCUT2D eigenvalue weighted by Gasteiger charge is -2.04. The highest BCUT2D eigenvalue weighted by Gasteiger charge is 2.04. The van der Waals surface area contributed by atoms with E-state index in [0.29, 0.717) is 18.7 Å². The number of carbonyl (C=O) groups excluding carboxylic acids is 1. The predicted octanol–water partition coefficient (Wildman–Crippen LogP) is 3.29. The molecule has 0 saturated carbocycles. The maximum absolute atomic E-state index is 10.9. The zero-order valence-electron chi connectivity index (χ0n) is 8.43. The summed E-state index contributed by atoms with van der Waals surface area (Å²) in [5, 5.41) is 0. The van der Waals surface area contributed by atoms with Crippen LogP contribution in [0.2, 0.25) is 0 Å². The third-order valence-corrected chi connectivity index (χ3v) is 3.16. The fourth-order valence-corrected chi connectivity index (χ4v) is 2.00. The second-order valence-electron chi connectivity index (χ2n) is 3.14. The first-order valence-electron chi connectivity index (χ1n) is 4.57. The van der Waals surface area contributed by atoms with Gasteiger partial charge in [-0.3, -0.25) is 4.79 Å². The minimum atomic E-state index is -0.189. The fourth-order valence-electron chi connectivity index (χ4n) is 1.23. The lowest BCUT2D eigenvalue weighted by molar-refractivity contribution is -0.140. The van der Waals surface area contributed by atoms with E-state index in [1.165, 1.54) is 7.11 Å². The van der Waals surface area contributed by atoms with Crippen molar-refractivity contribution in [3.8, 4) is 0 Å². The molecule has 0 spiro atoms. The number of ether oxygens (including phenoxy) is 1. The molecule has 1 aromatic rings. The van der Waals surface area contributed by atoms with E-state index >= 15 is 0 Å². The first-order valence-corrected chi connectivity index (χ1v) is 5.90. The number of hydrogen-bond donors (Lipinski definition) is 0. The monoisotopic (exact) mass is 290 g/mol. The van der Waals surface area contributed by atoms with E-state index in [9.17, 15) is 4.79 Å². The standard InChI is InChI=1S/C11H12BrClO2/c1-15-11(14)5-3-8-2-4-10(12)9(6-8)7-13/h2,4,6H,3,5,7H2,1H3. The second-order valence-corrected chi connectivity index (χ2v) is 4.26. The maximum atomic E-state index is 10.9. The number of aryl methyl sites for hydroxylation is 1. The number of rotatable bonds is 4. The summed E-state index contributed by atoms with van der Waals surface area (Å²) in [5.41, 5.74) is 2.14. The van der Waals surface area contributed by atoms with Crippen LogP contribution in [0, 0.1) is 0 Å². The number of carbonyl (C=O) groups is 1. The van der Waals surface area contributed by atoms with Crippen molar-refractivity contribution in [3.05, 3.63) is 33.8 Å². The minimum Gasteiger partial charge on any atom is -0.469 e. The number of benzene rings is 1. The van der Waals surface area contributed by atoms with Gasteiger partial charge in [-0.15, -0.1) is 11.6 Å². The average molecular weight is 292 g/mol. The molecule has 0 N–H and O–H groups in total. The van der Waals surface area contributed by atoms with Gasteiger partial charge in [0.05, 0.1) is 7.11 Å². The van der Waals surface area contributed by atoms with E-state index in [1.807, 2.05) is 18.2 Å². The Hall–Kier alpha value is -0.540. The Balaban J connectivity index is 2.66. The van der Waals surface area contributed by atoms with Crippen molar-refractivity contribution in [2.24, 2.45) is 0 Å². The Morgan fingerprint density at radius 2 is 2.27 bits per heavy atom. The molecule has 0 unspecified atom stereocenters. The molecule has 0 heterocycles. The van der Waals surface area contributed by atoms with Gasteiger partial charge in [0.15, 0.2) is 0 Å². The summed E-state index contributed by atoms with van der Waals surface area (Å²) >= 11 is 9.18. The zero-order chi connectivity index (χ0) is 11.3. The Morgan fingerprint density at radius 3 is 2.87 bits per heavy atom. The van der Waals surface area contributed by atoms with Gasteiger partial charge in [0, 0.05) is 16.8 Å². The maximum Gasteiger partial charge on any atom is 0.305 e. The third-order valence-electron chi connectivity index (χ3n) is 2.10. The molecule has 0 atom stereocenters. The molecule has 0 saturated heterocycles. The molecule has 0 bridgehead atoms. The summed E-state index contributed by atoms with van der Waals surface area (Å²) in [5.74, 6) is 0.275.